The Morgan fingerprint density at radius 1 is 1.05 bits per heavy atom. The average molecular weight is 611 g/mol. The molecule has 7 nitrogen and oxygen atoms in total. The molecule has 2 heterocycles. The second kappa shape index (κ2) is 11.4. The van der Waals surface area contributed by atoms with Gasteiger partial charge in [-0.3, -0.25) is 0 Å². The van der Waals surface area contributed by atoms with Gasteiger partial charge in [0, 0.05) is 34.2 Å². The van der Waals surface area contributed by atoms with Crippen LogP contribution in [0.4, 0.5) is 13.2 Å². The van der Waals surface area contributed by atoms with Gasteiger partial charge in [-0.05, 0) is 78.8 Å². The summed E-state index contributed by atoms with van der Waals surface area (Å²) in [4.78, 5) is 11.8. The first-order valence-electron chi connectivity index (χ1n) is 13.1. The number of benzene rings is 3. The number of nitrogens with one attached hydrogen (secondary N) is 1. The second-order valence-electron chi connectivity index (χ2n) is 10.3. The number of nitrogens with two attached hydrogens (primary N) is 1. The van der Waals surface area contributed by atoms with Crippen molar-refractivity contribution >= 4 is 28.7 Å². The van der Waals surface area contributed by atoms with Crippen LogP contribution in [0.5, 0.6) is 0 Å². The molecular formula is C30H25F3N4O3S2. The Bertz CT molecular complexity index is 1750. The van der Waals surface area contributed by atoms with E-state index in [9.17, 15) is 18.5 Å². The van der Waals surface area contributed by atoms with Gasteiger partial charge < -0.3 is 10.4 Å². The minimum Gasteiger partial charge on any atom is -0.477 e. The van der Waals surface area contributed by atoms with Gasteiger partial charge in [0.2, 0.25) is 0 Å². The Balaban J connectivity index is 1.50. The molecule has 2 atom stereocenters. The minimum atomic E-state index is -1.84. The first-order chi connectivity index (χ1) is 20.2. The Hall–Kier alpha value is -3.87. The lowest BCUT2D eigenvalue weighted by Gasteiger charge is -2.16. The van der Waals surface area contributed by atoms with Crippen LogP contribution in [0.25, 0.3) is 22.4 Å². The summed E-state index contributed by atoms with van der Waals surface area (Å²) in [6, 6.07) is 14.2. The minimum absolute atomic E-state index is 0.0396. The van der Waals surface area contributed by atoms with Crippen molar-refractivity contribution in [3.05, 3.63) is 106 Å². The third kappa shape index (κ3) is 5.74. The molecule has 4 N–H and O–H groups in total. The molecule has 6 rings (SSSR count). The highest BCUT2D eigenvalue weighted by atomic mass is 32.2. The van der Waals surface area contributed by atoms with Crippen molar-refractivity contribution in [3.63, 3.8) is 0 Å². The van der Waals surface area contributed by atoms with E-state index in [0.717, 1.165) is 24.6 Å². The molecule has 42 heavy (non-hydrogen) atoms. The highest BCUT2D eigenvalue weighted by Crippen LogP contribution is 2.41. The lowest BCUT2D eigenvalue weighted by Crippen LogP contribution is -2.25. The van der Waals surface area contributed by atoms with Crippen molar-refractivity contribution in [1.82, 2.24) is 15.1 Å². The van der Waals surface area contributed by atoms with Crippen LogP contribution in [0.2, 0.25) is 0 Å². The fourth-order valence-corrected chi connectivity index (χ4v) is 6.34. The number of carbonyl (C=O) groups is 1. The number of hydrogen-bond acceptors (Lipinski definition) is 5. The number of thioether (sulfide) groups is 1. The average Bonchev–Trinajstić information content (AvgIpc) is 3.52. The van der Waals surface area contributed by atoms with Crippen LogP contribution in [-0.4, -0.2) is 25.1 Å². The van der Waals surface area contributed by atoms with Gasteiger partial charge >= 0.3 is 5.97 Å². The standard InChI is InChI=1S/C30H25F3N4O3S2/c31-20-7-3-17(4-8-20)22-13-19(6-10-24(22)32)28-23(12-18-5-9-21(42(34)40)14-25(18)33)27(11-16-1-2-16)37(36-28)30-35-26(15-41-30)29(38)39/h3-10,13-16,30,35H,1-2,11-12,34H2,(H,38,39). The van der Waals surface area contributed by atoms with E-state index in [1.807, 2.05) is 0 Å². The van der Waals surface area contributed by atoms with Gasteiger partial charge in [-0.2, -0.15) is 5.10 Å². The predicted molar refractivity (Wildman–Crippen MR) is 155 cm³/mol. The largest absolute Gasteiger partial charge is 0.477 e. The predicted octanol–water partition coefficient (Wildman–Crippen LogP) is 5.88. The van der Waals surface area contributed by atoms with E-state index < -0.39 is 39.9 Å². The lowest BCUT2D eigenvalue weighted by atomic mass is 9.94. The van der Waals surface area contributed by atoms with Gasteiger partial charge in [-0.1, -0.05) is 30.0 Å². The van der Waals surface area contributed by atoms with Gasteiger partial charge in [0.25, 0.3) is 0 Å². The fraction of sp³-hybridized carbons (Fsp3) is 0.200. The molecule has 3 aromatic carbocycles. The molecule has 2 unspecified atom stereocenters. The van der Waals surface area contributed by atoms with Crippen molar-refractivity contribution < 1.29 is 27.3 Å². The number of aliphatic carboxylic acids is 1. The van der Waals surface area contributed by atoms with E-state index in [1.165, 1.54) is 53.6 Å². The summed E-state index contributed by atoms with van der Waals surface area (Å²) in [5.41, 5.74) is 3.14. The zero-order valence-corrected chi connectivity index (χ0v) is 23.7. The number of rotatable bonds is 9. The van der Waals surface area contributed by atoms with E-state index in [-0.39, 0.29) is 22.6 Å². The molecule has 12 heteroatoms. The number of hydrogen-bond donors (Lipinski definition) is 3. The van der Waals surface area contributed by atoms with Gasteiger partial charge in [0.1, 0.15) is 34.1 Å². The van der Waals surface area contributed by atoms with Crippen LogP contribution < -0.4 is 10.5 Å². The summed E-state index contributed by atoms with van der Waals surface area (Å²) in [6.45, 7) is 0. The van der Waals surface area contributed by atoms with Crippen LogP contribution in [0, 0.1) is 23.4 Å². The highest BCUT2D eigenvalue weighted by molar-refractivity contribution is 8.02. The molecule has 4 aromatic rings. The van der Waals surface area contributed by atoms with Gasteiger partial charge in [-0.25, -0.2) is 32.0 Å². The topological polar surface area (TPSA) is 110 Å². The molecule has 0 saturated heterocycles. The number of aromatic nitrogens is 2. The summed E-state index contributed by atoms with van der Waals surface area (Å²) >= 11 is 1.26. The first-order valence-corrected chi connectivity index (χ1v) is 15.3. The maximum atomic E-state index is 15.3. The Kier molecular flexibility index (Phi) is 7.69. The molecular weight excluding hydrogens is 585 g/mol. The number of nitrogens with zero attached hydrogens (tertiary/aromatic N) is 2. The quantitative estimate of drug-likeness (QED) is 0.219. The van der Waals surface area contributed by atoms with Gasteiger partial charge in [0.05, 0.1) is 10.6 Å². The third-order valence-electron chi connectivity index (χ3n) is 7.36. The summed E-state index contributed by atoms with van der Waals surface area (Å²) in [7, 11) is -1.84. The van der Waals surface area contributed by atoms with E-state index in [2.05, 4.69) is 5.32 Å². The molecule has 1 aromatic heterocycles. The zero-order chi connectivity index (χ0) is 29.5. The lowest BCUT2D eigenvalue weighted by molar-refractivity contribution is -0.133. The SMILES string of the molecule is NS(=O)c1ccc(Cc2c(-c3ccc(F)c(-c4ccc(F)cc4)c3)nn(C3NC(C(=O)O)=CS3)c2CC2CC2)c(F)c1. The Morgan fingerprint density at radius 3 is 2.43 bits per heavy atom. The van der Waals surface area contributed by atoms with Crippen molar-refractivity contribution in [2.45, 2.75) is 36.1 Å². The normalized spacial score (nSPS) is 17.1. The van der Waals surface area contributed by atoms with Gasteiger partial charge in [0.15, 0.2) is 5.50 Å². The molecule has 1 aliphatic carbocycles. The molecule has 0 bridgehead atoms. The Labute approximate surface area is 246 Å². The molecule has 2 aliphatic rings. The summed E-state index contributed by atoms with van der Waals surface area (Å²) in [5.74, 6) is -2.20. The smallest absolute Gasteiger partial charge is 0.352 e. The van der Waals surface area contributed by atoms with E-state index >= 15 is 8.78 Å². The van der Waals surface area contributed by atoms with E-state index in [1.54, 1.807) is 22.9 Å². The fourth-order valence-electron chi connectivity index (χ4n) is 5.00. The van der Waals surface area contributed by atoms with Crippen LogP contribution in [0.1, 0.15) is 35.2 Å². The monoisotopic (exact) mass is 610 g/mol. The molecule has 0 radical (unpaired) electrons. The first kappa shape index (κ1) is 28.3. The molecule has 0 amide bonds. The molecule has 216 valence electrons. The van der Waals surface area contributed by atoms with Crippen molar-refractivity contribution in [2.75, 3.05) is 0 Å². The van der Waals surface area contributed by atoms with Crippen LogP contribution >= 0.6 is 11.8 Å². The van der Waals surface area contributed by atoms with E-state index in [4.69, 9.17) is 10.2 Å². The zero-order valence-electron chi connectivity index (χ0n) is 22.0. The van der Waals surface area contributed by atoms with Crippen molar-refractivity contribution in [2.24, 2.45) is 11.1 Å². The summed E-state index contributed by atoms with van der Waals surface area (Å²) < 4.78 is 57.3. The summed E-state index contributed by atoms with van der Waals surface area (Å²) in [6.07, 6.45) is 2.82. The number of halogens is 3. The van der Waals surface area contributed by atoms with E-state index in [0.29, 0.717) is 40.3 Å². The van der Waals surface area contributed by atoms with Crippen LogP contribution in [0.15, 0.2) is 76.7 Å². The molecule has 1 aliphatic heterocycles. The third-order valence-corrected chi connectivity index (χ3v) is 9.03. The highest BCUT2D eigenvalue weighted by Gasteiger charge is 2.32. The molecule has 1 saturated carbocycles. The maximum Gasteiger partial charge on any atom is 0.352 e. The maximum absolute atomic E-state index is 15.3. The van der Waals surface area contributed by atoms with Crippen LogP contribution in [-0.2, 0) is 28.6 Å². The molecule has 0 spiro atoms. The Morgan fingerprint density at radius 2 is 1.79 bits per heavy atom. The number of carboxylic acid groups (broad SMARTS) is 1. The van der Waals surface area contributed by atoms with Crippen molar-refractivity contribution in [1.29, 1.82) is 0 Å². The van der Waals surface area contributed by atoms with Gasteiger partial charge in [-0.15, -0.1) is 0 Å². The van der Waals surface area contributed by atoms with Crippen LogP contribution in [0.3, 0.4) is 0 Å². The number of carboxylic acids is 1. The molecule has 1 fully saturated rings. The summed E-state index contributed by atoms with van der Waals surface area (Å²) in [5, 5.41) is 24.4. The second-order valence-corrected chi connectivity index (χ2v) is 12.3. The van der Waals surface area contributed by atoms with Crippen molar-refractivity contribution in [3.8, 4) is 22.4 Å².